The molecule has 5 nitrogen and oxygen atoms in total. The third-order valence-corrected chi connectivity index (χ3v) is 3.01. The number of hydrogen-bond donors (Lipinski definition) is 0. The van der Waals surface area contributed by atoms with Crippen LogP contribution in [0.2, 0.25) is 0 Å². The van der Waals surface area contributed by atoms with E-state index in [1.807, 2.05) is 0 Å². The summed E-state index contributed by atoms with van der Waals surface area (Å²) in [6, 6.07) is 0. The lowest BCUT2D eigenvalue weighted by atomic mass is 10.8. The van der Waals surface area contributed by atoms with Crippen molar-refractivity contribution in [3.8, 4) is 0 Å². The predicted octanol–water partition coefficient (Wildman–Crippen LogP) is 1.67. The summed E-state index contributed by atoms with van der Waals surface area (Å²) in [5, 5.41) is 0. The van der Waals surface area contributed by atoms with Gasteiger partial charge >= 0.3 is 10.3 Å². The van der Waals surface area contributed by atoms with Crippen LogP contribution in [-0.4, -0.2) is 27.8 Å². The zero-order valence-corrected chi connectivity index (χ0v) is 10.6. The van der Waals surface area contributed by atoms with Crippen LogP contribution in [-0.2, 0) is 14.5 Å². The Bertz CT molecular complexity index is 437. The van der Waals surface area contributed by atoms with Gasteiger partial charge in [0.1, 0.15) is 12.4 Å². The first-order valence-electron chi connectivity index (χ1n) is 3.69. The van der Waals surface area contributed by atoms with Crippen molar-refractivity contribution in [2.45, 2.75) is 10.7 Å². The maximum absolute atomic E-state index is 11.5. The number of hydrogen-bond acceptors (Lipinski definition) is 4. The van der Waals surface area contributed by atoms with Crippen LogP contribution in [0, 0.1) is 6.92 Å². The van der Waals surface area contributed by atoms with Crippen LogP contribution in [0.1, 0.15) is 5.82 Å². The lowest BCUT2D eigenvalue weighted by Gasteiger charge is -2.12. The fourth-order valence-electron chi connectivity index (χ4n) is 0.801. The van der Waals surface area contributed by atoms with Crippen molar-refractivity contribution >= 4 is 45.1 Å². The number of alkyl halides is 3. The normalized spacial score (nSPS) is 13.1. The van der Waals surface area contributed by atoms with Crippen molar-refractivity contribution in [2.24, 2.45) is 0 Å². The SMILES string of the molecule is Cc1nccn1S(=O)(=O)OCC(Cl)(Cl)Cl. The largest absolute Gasteiger partial charge is 0.367 e. The van der Waals surface area contributed by atoms with Gasteiger partial charge in [-0.05, 0) is 6.92 Å². The molecule has 0 N–H and O–H groups in total. The highest BCUT2D eigenvalue weighted by Crippen LogP contribution is 2.26. The van der Waals surface area contributed by atoms with Crippen LogP contribution in [0.3, 0.4) is 0 Å². The van der Waals surface area contributed by atoms with E-state index < -0.39 is 20.7 Å². The van der Waals surface area contributed by atoms with Gasteiger partial charge in [-0.25, -0.2) is 13.1 Å². The zero-order valence-electron chi connectivity index (χ0n) is 7.52. The van der Waals surface area contributed by atoms with Crippen molar-refractivity contribution in [2.75, 3.05) is 6.61 Å². The quantitative estimate of drug-likeness (QED) is 0.795. The summed E-state index contributed by atoms with van der Waals surface area (Å²) in [4.78, 5) is 3.73. The molecule has 0 aliphatic carbocycles. The van der Waals surface area contributed by atoms with Gasteiger partial charge in [0.05, 0.1) is 0 Å². The average Bonchev–Trinajstić information content (AvgIpc) is 2.47. The number of aromatic nitrogens is 2. The van der Waals surface area contributed by atoms with Crippen LogP contribution >= 0.6 is 34.8 Å². The van der Waals surface area contributed by atoms with Crippen LogP contribution in [0.5, 0.6) is 0 Å². The summed E-state index contributed by atoms with van der Waals surface area (Å²) in [6.07, 6.45) is 2.56. The van der Waals surface area contributed by atoms with Gasteiger partial charge in [-0.2, -0.15) is 8.42 Å². The Hall–Kier alpha value is -0.0100. The Morgan fingerprint density at radius 1 is 1.53 bits per heavy atom. The van der Waals surface area contributed by atoms with Crippen molar-refractivity contribution in [1.82, 2.24) is 8.96 Å². The minimum atomic E-state index is -3.98. The Morgan fingerprint density at radius 3 is 2.53 bits per heavy atom. The van der Waals surface area contributed by atoms with E-state index in [2.05, 4.69) is 9.17 Å². The lowest BCUT2D eigenvalue weighted by Crippen LogP contribution is -2.22. The van der Waals surface area contributed by atoms with E-state index in [0.717, 1.165) is 3.97 Å². The second-order valence-corrected chi connectivity index (χ2v) is 6.61. The first-order valence-corrected chi connectivity index (χ1v) is 6.19. The minimum absolute atomic E-state index is 0.263. The molecule has 0 fully saturated rings. The van der Waals surface area contributed by atoms with Gasteiger partial charge < -0.3 is 0 Å². The topological polar surface area (TPSA) is 61.2 Å². The number of nitrogens with zero attached hydrogens (tertiary/aromatic N) is 2. The highest BCUT2D eigenvalue weighted by molar-refractivity contribution is 7.85. The van der Waals surface area contributed by atoms with Crippen molar-refractivity contribution in [3.05, 3.63) is 18.2 Å². The molecule has 0 aromatic carbocycles. The maximum Gasteiger partial charge on any atom is 0.367 e. The van der Waals surface area contributed by atoms with Gasteiger partial charge in [0.15, 0.2) is 0 Å². The van der Waals surface area contributed by atoms with E-state index in [4.69, 9.17) is 34.8 Å². The molecule has 9 heteroatoms. The fourth-order valence-corrected chi connectivity index (χ4v) is 2.17. The summed E-state index contributed by atoms with van der Waals surface area (Å²) in [6.45, 7) is 0.952. The van der Waals surface area contributed by atoms with Gasteiger partial charge in [0.25, 0.3) is 0 Å². The molecule has 0 aliphatic rings. The smallest absolute Gasteiger partial charge is 0.249 e. The van der Waals surface area contributed by atoms with Gasteiger partial charge in [0.2, 0.25) is 3.79 Å². The number of aryl methyl sites for hydroxylation is 1. The van der Waals surface area contributed by atoms with Crippen LogP contribution < -0.4 is 0 Å². The molecule has 1 aromatic heterocycles. The summed E-state index contributed by atoms with van der Waals surface area (Å²) in [7, 11) is -3.98. The minimum Gasteiger partial charge on any atom is -0.249 e. The second-order valence-electron chi connectivity index (χ2n) is 2.61. The lowest BCUT2D eigenvalue weighted by molar-refractivity contribution is 0.319. The van der Waals surface area contributed by atoms with E-state index in [1.165, 1.54) is 19.3 Å². The van der Waals surface area contributed by atoms with E-state index in [-0.39, 0.29) is 5.82 Å². The number of imidazole rings is 1. The molecule has 86 valence electrons. The van der Waals surface area contributed by atoms with E-state index >= 15 is 0 Å². The van der Waals surface area contributed by atoms with E-state index in [9.17, 15) is 8.42 Å². The monoisotopic (exact) mass is 292 g/mol. The average molecular weight is 294 g/mol. The molecule has 15 heavy (non-hydrogen) atoms. The molecular formula is C6H7Cl3N2O3S. The predicted molar refractivity (Wildman–Crippen MR) is 57.5 cm³/mol. The van der Waals surface area contributed by atoms with Gasteiger partial charge in [-0.1, -0.05) is 34.8 Å². The molecule has 0 aliphatic heterocycles. The van der Waals surface area contributed by atoms with Gasteiger partial charge in [0, 0.05) is 12.4 Å². The van der Waals surface area contributed by atoms with Crippen molar-refractivity contribution in [1.29, 1.82) is 0 Å². The Kier molecular flexibility index (Phi) is 3.89. The molecule has 1 rings (SSSR count). The van der Waals surface area contributed by atoms with Gasteiger partial charge in [-0.3, -0.25) is 0 Å². The van der Waals surface area contributed by atoms with Crippen molar-refractivity contribution in [3.63, 3.8) is 0 Å². The van der Waals surface area contributed by atoms with Gasteiger partial charge in [-0.15, -0.1) is 0 Å². The second kappa shape index (κ2) is 4.47. The summed E-state index contributed by atoms with van der Waals surface area (Å²) >= 11 is 16.1. The number of halogens is 3. The molecule has 0 spiro atoms. The zero-order chi connectivity index (χ0) is 11.7. The highest BCUT2D eigenvalue weighted by Gasteiger charge is 2.25. The molecule has 0 saturated carbocycles. The third-order valence-electron chi connectivity index (χ3n) is 1.39. The molecule has 1 aromatic rings. The molecule has 1 heterocycles. The number of rotatable bonds is 3. The summed E-state index contributed by atoms with van der Waals surface area (Å²) in [5.41, 5.74) is 0. The Labute approximate surface area is 102 Å². The molecule has 0 atom stereocenters. The highest BCUT2D eigenvalue weighted by atomic mass is 35.6. The molecule has 0 saturated heterocycles. The summed E-state index contributed by atoms with van der Waals surface area (Å²) in [5.74, 6) is 0.263. The molecule has 0 amide bonds. The third kappa shape index (κ3) is 3.81. The first kappa shape index (κ1) is 13.1. The molecule has 0 radical (unpaired) electrons. The fraction of sp³-hybridized carbons (Fsp3) is 0.500. The van der Waals surface area contributed by atoms with E-state index in [1.54, 1.807) is 0 Å². The molecule has 0 unspecified atom stereocenters. The first-order chi connectivity index (χ1) is 6.72. The maximum atomic E-state index is 11.5. The Morgan fingerprint density at radius 2 is 2.13 bits per heavy atom. The van der Waals surface area contributed by atoms with Crippen LogP contribution in [0.4, 0.5) is 0 Å². The molecular weight excluding hydrogens is 287 g/mol. The van der Waals surface area contributed by atoms with Crippen LogP contribution in [0.25, 0.3) is 0 Å². The summed E-state index contributed by atoms with van der Waals surface area (Å²) < 4.78 is 26.6. The van der Waals surface area contributed by atoms with Crippen LogP contribution in [0.15, 0.2) is 12.4 Å². The van der Waals surface area contributed by atoms with Crippen molar-refractivity contribution < 1.29 is 12.6 Å². The standard InChI is InChI=1S/C6H7Cl3N2O3S/c1-5-10-2-3-11(5)15(12,13)14-4-6(7,8)9/h2-3H,4H2,1H3. The Balaban J connectivity index is 2.82. The van der Waals surface area contributed by atoms with E-state index in [0.29, 0.717) is 0 Å². The molecule has 0 bridgehead atoms.